The molecule has 1 unspecified atom stereocenters. The van der Waals surface area contributed by atoms with Crippen LogP contribution in [0, 0.1) is 5.92 Å². The summed E-state index contributed by atoms with van der Waals surface area (Å²) in [6.45, 7) is 11.9. The fraction of sp³-hybridized carbons (Fsp3) is 0.600. The lowest BCUT2D eigenvalue weighted by Gasteiger charge is -2.47. The molecule has 0 heterocycles. The highest BCUT2D eigenvalue weighted by Crippen LogP contribution is 2.50. The van der Waals surface area contributed by atoms with E-state index in [9.17, 15) is 0 Å². The van der Waals surface area contributed by atoms with Crippen molar-refractivity contribution in [2.45, 2.75) is 51.9 Å². The molecule has 1 aliphatic carbocycles. The normalized spacial score (nSPS) is 26.2. The average molecular weight is 281 g/mol. The topological polar surface area (TPSA) is 0 Å². The lowest BCUT2D eigenvalue weighted by molar-refractivity contribution is 0.232. The Hall–Kier alpha value is -0.300. The molecule has 1 aliphatic rings. The number of hydrogen-bond acceptors (Lipinski definition) is 0. The van der Waals surface area contributed by atoms with Crippen molar-refractivity contribution < 1.29 is 0 Å². The van der Waals surface area contributed by atoms with Gasteiger partial charge in [0.15, 0.2) is 0 Å². The summed E-state index contributed by atoms with van der Waals surface area (Å²) in [5.41, 5.74) is 3.60. The smallest absolute Gasteiger partial charge is 0.0215 e. The first kappa shape index (κ1) is 12.2. The molecule has 0 bridgehead atoms. The summed E-state index contributed by atoms with van der Waals surface area (Å²) >= 11 is 3.73. The van der Waals surface area contributed by atoms with Crippen LogP contribution in [-0.2, 0) is 10.8 Å². The Morgan fingerprint density at radius 3 is 2.44 bits per heavy atom. The first-order chi connectivity index (χ1) is 7.27. The molecule has 0 radical (unpaired) electrons. The minimum absolute atomic E-state index is 0.282. The molecule has 0 saturated heterocycles. The van der Waals surface area contributed by atoms with Gasteiger partial charge in [0.2, 0.25) is 0 Å². The van der Waals surface area contributed by atoms with Gasteiger partial charge in [0.25, 0.3) is 0 Å². The van der Waals surface area contributed by atoms with Crippen LogP contribution in [0.2, 0.25) is 0 Å². The van der Waals surface area contributed by atoms with Crippen molar-refractivity contribution in [2.75, 3.05) is 0 Å². The third-order valence-electron chi connectivity index (χ3n) is 4.43. The minimum Gasteiger partial charge on any atom is -0.0616 e. The fourth-order valence-corrected chi connectivity index (χ4v) is 4.04. The van der Waals surface area contributed by atoms with E-state index in [0.717, 1.165) is 5.92 Å². The molecule has 0 aromatic heterocycles. The van der Waals surface area contributed by atoms with Gasteiger partial charge < -0.3 is 0 Å². The van der Waals surface area contributed by atoms with E-state index in [0.29, 0.717) is 0 Å². The highest BCUT2D eigenvalue weighted by molar-refractivity contribution is 9.10. The SMILES string of the molecule is CC1CC(C)(C)c2c(Br)cccc2C1(C)C. The number of hydrogen-bond donors (Lipinski definition) is 0. The lowest BCUT2D eigenvalue weighted by Crippen LogP contribution is -2.40. The van der Waals surface area contributed by atoms with E-state index in [4.69, 9.17) is 0 Å². The van der Waals surface area contributed by atoms with Gasteiger partial charge in [-0.15, -0.1) is 0 Å². The van der Waals surface area contributed by atoms with Gasteiger partial charge in [-0.05, 0) is 40.4 Å². The van der Waals surface area contributed by atoms with Crippen LogP contribution in [0.5, 0.6) is 0 Å². The molecule has 1 aromatic carbocycles. The molecule has 88 valence electrons. The molecular weight excluding hydrogens is 260 g/mol. The van der Waals surface area contributed by atoms with Crippen molar-refractivity contribution in [3.05, 3.63) is 33.8 Å². The lowest BCUT2D eigenvalue weighted by atomic mass is 9.58. The van der Waals surface area contributed by atoms with Crippen LogP contribution in [0.15, 0.2) is 22.7 Å². The molecule has 0 N–H and O–H groups in total. The van der Waals surface area contributed by atoms with Gasteiger partial charge in [-0.3, -0.25) is 0 Å². The summed E-state index contributed by atoms with van der Waals surface area (Å²) in [6, 6.07) is 6.64. The molecule has 0 amide bonds. The number of benzene rings is 1. The van der Waals surface area contributed by atoms with Crippen LogP contribution in [0.4, 0.5) is 0 Å². The highest BCUT2D eigenvalue weighted by atomic mass is 79.9. The summed E-state index contributed by atoms with van der Waals surface area (Å²) in [6.07, 6.45) is 1.26. The number of fused-ring (bicyclic) bond motifs is 1. The standard InChI is InChI=1S/C15H21Br/c1-10-9-14(2,3)13-11(15(10,4)5)7-6-8-12(13)16/h6-8,10H,9H2,1-5H3. The van der Waals surface area contributed by atoms with Crippen molar-refractivity contribution in [1.29, 1.82) is 0 Å². The largest absolute Gasteiger partial charge is 0.0616 e. The zero-order valence-corrected chi connectivity index (χ0v) is 12.5. The van der Waals surface area contributed by atoms with Gasteiger partial charge in [0.1, 0.15) is 0 Å². The predicted octanol–water partition coefficient (Wildman–Crippen LogP) is 5.04. The van der Waals surface area contributed by atoms with E-state index in [1.165, 1.54) is 22.0 Å². The van der Waals surface area contributed by atoms with Crippen LogP contribution in [0.3, 0.4) is 0 Å². The summed E-state index contributed by atoms with van der Waals surface area (Å²) < 4.78 is 1.27. The zero-order chi connectivity index (χ0) is 12.1. The minimum atomic E-state index is 0.282. The molecule has 16 heavy (non-hydrogen) atoms. The second-order valence-electron chi connectivity index (χ2n) is 6.37. The second-order valence-corrected chi connectivity index (χ2v) is 7.23. The van der Waals surface area contributed by atoms with Crippen molar-refractivity contribution in [3.63, 3.8) is 0 Å². The Balaban J connectivity index is 2.73. The van der Waals surface area contributed by atoms with Crippen LogP contribution in [0.1, 0.15) is 52.2 Å². The van der Waals surface area contributed by atoms with E-state index >= 15 is 0 Å². The molecule has 1 aromatic rings. The van der Waals surface area contributed by atoms with Crippen LogP contribution in [0.25, 0.3) is 0 Å². The molecular formula is C15H21Br. The van der Waals surface area contributed by atoms with Crippen molar-refractivity contribution >= 4 is 15.9 Å². The summed E-state index contributed by atoms with van der Waals surface area (Å²) in [5, 5.41) is 0. The molecule has 0 saturated carbocycles. The Bertz CT molecular complexity index is 415. The molecule has 1 heteroatoms. The Morgan fingerprint density at radius 1 is 1.19 bits per heavy atom. The van der Waals surface area contributed by atoms with Crippen molar-refractivity contribution in [2.24, 2.45) is 5.92 Å². The van der Waals surface area contributed by atoms with E-state index in [1.807, 2.05) is 0 Å². The van der Waals surface area contributed by atoms with E-state index < -0.39 is 0 Å². The third-order valence-corrected chi connectivity index (χ3v) is 5.09. The van der Waals surface area contributed by atoms with Gasteiger partial charge in [-0.1, -0.05) is 62.7 Å². The molecule has 0 aliphatic heterocycles. The molecule has 1 atom stereocenters. The van der Waals surface area contributed by atoms with E-state index in [1.54, 1.807) is 0 Å². The summed E-state index contributed by atoms with van der Waals surface area (Å²) in [5.74, 6) is 0.726. The summed E-state index contributed by atoms with van der Waals surface area (Å²) in [4.78, 5) is 0. The Labute approximate surface area is 108 Å². The fourth-order valence-electron chi connectivity index (χ4n) is 3.14. The molecule has 2 rings (SSSR count). The first-order valence-electron chi connectivity index (χ1n) is 6.06. The third kappa shape index (κ3) is 1.64. The predicted molar refractivity (Wildman–Crippen MR) is 74.0 cm³/mol. The molecule has 0 nitrogen and oxygen atoms in total. The van der Waals surface area contributed by atoms with Crippen LogP contribution < -0.4 is 0 Å². The van der Waals surface area contributed by atoms with Gasteiger partial charge in [0, 0.05) is 4.47 Å². The van der Waals surface area contributed by atoms with Crippen molar-refractivity contribution in [1.82, 2.24) is 0 Å². The van der Waals surface area contributed by atoms with Crippen LogP contribution >= 0.6 is 15.9 Å². The van der Waals surface area contributed by atoms with Gasteiger partial charge in [-0.25, -0.2) is 0 Å². The Morgan fingerprint density at radius 2 is 1.81 bits per heavy atom. The number of halogens is 1. The second kappa shape index (κ2) is 3.60. The average Bonchev–Trinajstić information content (AvgIpc) is 2.14. The maximum absolute atomic E-state index is 3.73. The van der Waals surface area contributed by atoms with Crippen LogP contribution in [-0.4, -0.2) is 0 Å². The van der Waals surface area contributed by atoms with Gasteiger partial charge >= 0.3 is 0 Å². The maximum Gasteiger partial charge on any atom is 0.0215 e. The van der Waals surface area contributed by atoms with E-state index in [2.05, 4.69) is 68.7 Å². The van der Waals surface area contributed by atoms with Gasteiger partial charge in [0.05, 0.1) is 0 Å². The van der Waals surface area contributed by atoms with Gasteiger partial charge in [-0.2, -0.15) is 0 Å². The molecule has 0 spiro atoms. The van der Waals surface area contributed by atoms with E-state index in [-0.39, 0.29) is 10.8 Å². The Kier molecular flexibility index (Phi) is 2.73. The van der Waals surface area contributed by atoms with Crippen molar-refractivity contribution in [3.8, 4) is 0 Å². The monoisotopic (exact) mass is 280 g/mol. The summed E-state index contributed by atoms with van der Waals surface area (Å²) in [7, 11) is 0. The quantitative estimate of drug-likeness (QED) is 0.624. The molecule has 0 fully saturated rings. The number of rotatable bonds is 0. The zero-order valence-electron chi connectivity index (χ0n) is 10.9. The highest BCUT2D eigenvalue weighted by Gasteiger charge is 2.42. The maximum atomic E-state index is 3.73. The first-order valence-corrected chi connectivity index (χ1v) is 6.85.